The predicted octanol–water partition coefficient (Wildman–Crippen LogP) is 4.47. The van der Waals surface area contributed by atoms with Gasteiger partial charge in [0.25, 0.3) is 0 Å². The number of benzene rings is 1. The first-order valence-electron chi connectivity index (χ1n) is 6.48. The van der Waals surface area contributed by atoms with E-state index in [2.05, 4.69) is 0 Å². The van der Waals surface area contributed by atoms with Gasteiger partial charge in [0, 0.05) is 6.42 Å². The zero-order valence-electron chi connectivity index (χ0n) is 12.0. The van der Waals surface area contributed by atoms with Gasteiger partial charge in [-0.05, 0) is 44.4 Å². The van der Waals surface area contributed by atoms with Crippen LogP contribution in [0.25, 0.3) is 0 Å². The maximum Gasteiger partial charge on any atom is 0.343 e. The van der Waals surface area contributed by atoms with E-state index in [1.165, 1.54) is 5.56 Å². The molecule has 2 heteroatoms. The van der Waals surface area contributed by atoms with Crippen LogP contribution in [0.1, 0.15) is 53.7 Å². The van der Waals surface area contributed by atoms with Crippen LogP contribution in [0.5, 0.6) is 0 Å². The van der Waals surface area contributed by atoms with Crippen LogP contribution in [-0.2, 0) is 4.74 Å². The van der Waals surface area contributed by atoms with Crippen LogP contribution >= 0.6 is 0 Å². The third-order valence-electron chi connectivity index (χ3n) is 2.89. The lowest BCUT2D eigenvalue weighted by molar-refractivity contribution is 0.0613. The first kappa shape index (κ1) is 14.5. The van der Waals surface area contributed by atoms with Crippen molar-refractivity contribution in [3.63, 3.8) is 0 Å². The number of aryl methyl sites for hydroxylation is 3. The third kappa shape index (κ3) is 3.46. The predicted molar refractivity (Wildman–Crippen MR) is 74.7 cm³/mol. The van der Waals surface area contributed by atoms with E-state index in [9.17, 15) is 4.79 Å². The van der Waals surface area contributed by atoms with E-state index in [0.29, 0.717) is 5.56 Å². The minimum atomic E-state index is -0.244. The Balaban J connectivity index is 3.01. The third-order valence-corrected chi connectivity index (χ3v) is 2.89. The highest BCUT2D eigenvalue weighted by Gasteiger charge is 2.15. The second-order valence-corrected chi connectivity index (χ2v) is 4.60. The van der Waals surface area contributed by atoms with E-state index in [1.807, 2.05) is 52.8 Å². The van der Waals surface area contributed by atoms with Crippen molar-refractivity contribution in [2.75, 3.05) is 0 Å². The van der Waals surface area contributed by atoms with E-state index in [0.717, 1.165) is 29.7 Å². The molecule has 0 heterocycles. The Labute approximate surface area is 110 Å². The number of ether oxygens (including phenoxy) is 1. The highest BCUT2D eigenvalue weighted by atomic mass is 16.5. The summed E-state index contributed by atoms with van der Waals surface area (Å²) < 4.78 is 5.45. The lowest BCUT2D eigenvalue weighted by atomic mass is 10.00. The Morgan fingerprint density at radius 3 is 2.17 bits per heavy atom. The van der Waals surface area contributed by atoms with Crippen LogP contribution in [0.4, 0.5) is 0 Å². The molecule has 0 unspecified atom stereocenters. The summed E-state index contributed by atoms with van der Waals surface area (Å²) in [7, 11) is 0. The summed E-state index contributed by atoms with van der Waals surface area (Å²) in [5.74, 6) is 0.508. The Morgan fingerprint density at radius 1 is 1.17 bits per heavy atom. The van der Waals surface area contributed by atoms with Crippen LogP contribution in [-0.4, -0.2) is 5.97 Å². The normalized spacial score (nSPS) is 11.5. The maximum absolute atomic E-state index is 12.2. The molecule has 0 aliphatic rings. The fourth-order valence-corrected chi connectivity index (χ4v) is 2.16. The molecule has 1 aromatic carbocycles. The van der Waals surface area contributed by atoms with E-state index in [-0.39, 0.29) is 5.97 Å². The molecule has 98 valence electrons. The summed E-state index contributed by atoms with van der Waals surface area (Å²) in [5, 5.41) is 0. The minimum Gasteiger partial charge on any atom is -0.428 e. The van der Waals surface area contributed by atoms with E-state index in [1.54, 1.807) is 0 Å². The van der Waals surface area contributed by atoms with Crippen molar-refractivity contribution in [3.8, 4) is 0 Å². The molecule has 0 radical (unpaired) electrons. The van der Waals surface area contributed by atoms with E-state index < -0.39 is 0 Å². The maximum atomic E-state index is 12.2. The SMILES string of the molecule is CC/C=C(/CC)OC(=O)c1c(C)cc(C)cc1C. The molecular weight excluding hydrogens is 224 g/mol. The highest BCUT2D eigenvalue weighted by molar-refractivity contribution is 5.93. The van der Waals surface area contributed by atoms with Crippen molar-refractivity contribution in [1.29, 1.82) is 0 Å². The molecule has 1 rings (SSSR count). The average Bonchev–Trinajstić information content (AvgIpc) is 2.26. The molecule has 0 amide bonds. The fourth-order valence-electron chi connectivity index (χ4n) is 2.16. The average molecular weight is 246 g/mol. The van der Waals surface area contributed by atoms with Gasteiger partial charge in [0.1, 0.15) is 5.76 Å². The summed E-state index contributed by atoms with van der Waals surface area (Å²) in [6.45, 7) is 9.95. The van der Waals surface area contributed by atoms with Gasteiger partial charge in [-0.25, -0.2) is 4.79 Å². The summed E-state index contributed by atoms with van der Waals surface area (Å²) in [6.07, 6.45) is 3.57. The number of esters is 1. The molecule has 0 aromatic heterocycles. The van der Waals surface area contributed by atoms with Crippen molar-refractivity contribution in [2.24, 2.45) is 0 Å². The zero-order valence-corrected chi connectivity index (χ0v) is 12.0. The van der Waals surface area contributed by atoms with E-state index in [4.69, 9.17) is 4.74 Å². The molecule has 0 spiro atoms. The second kappa shape index (κ2) is 6.39. The lowest BCUT2D eigenvalue weighted by Crippen LogP contribution is -2.09. The Kier molecular flexibility index (Phi) is 5.14. The molecule has 0 N–H and O–H groups in total. The number of hydrogen-bond donors (Lipinski definition) is 0. The van der Waals surface area contributed by atoms with Gasteiger partial charge in [-0.2, -0.15) is 0 Å². The molecule has 2 nitrogen and oxygen atoms in total. The zero-order chi connectivity index (χ0) is 13.7. The Bertz CT molecular complexity index is 447. The number of carbonyl (C=O) groups is 1. The second-order valence-electron chi connectivity index (χ2n) is 4.60. The van der Waals surface area contributed by atoms with Gasteiger partial charge in [-0.3, -0.25) is 0 Å². The van der Waals surface area contributed by atoms with Gasteiger partial charge in [-0.1, -0.05) is 31.5 Å². The number of rotatable bonds is 4. The molecule has 0 atom stereocenters. The first-order valence-corrected chi connectivity index (χ1v) is 6.48. The topological polar surface area (TPSA) is 26.3 Å². The van der Waals surface area contributed by atoms with Gasteiger partial charge >= 0.3 is 5.97 Å². The summed E-state index contributed by atoms with van der Waals surface area (Å²) >= 11 is 0. The minimum absolute atomic E-state index is 0.244. The van der Waals surface area contributed by atoms with Crippen LogP contribution in [0.3, 0.4) is 0 Å². The highest BCUT2D eigenvalue weighted by Crippen LogP contribution is 2.19. The van der Waals surface area contributed by atoms with Gasteiger partial charge < -0.3 is 4.74 Å². The van der Waals surface area contributed by atoms with Gasteiger partial charge in [0.05, 0.1) is 5.56 Å². The Morgan fingerprint density at radius 2 is 1.72 bits per heavy atom. The van der Waals surface area contributed by atoms with Crippen LogP contribution in [0.2, 0.25) is 0 Å². The van der Waals surface area contributed by atoms with Crippen molar-refractivity contribution in [1.82, 2.24) is 0 Å². The first-order chi connectivity index (χ1) is 8.49. The monoisotopic (exact) mass is 246 g/mol. The number of hydrogen-bond acceptors (Lipinski definition) is 2. The molecule has 0 bridgehead atoms. The van der Waals surface area contributed by atoms with Gasteiger partial charge in [0.2, 0.25) is 0 Å². The van der Waals surface area contributed by atoms with E-state index >= 15 is 0 Å². The summed E-state index contributed by atoms with van der Waals surface area (Å²) in [6, 6.07) is 4.03. The van der Waals surface area contributed by atoms with Crippen molar-refractivity contribution in [3.05, 3.63) is 46.2 Å². The summed E-state index contributed by atoms with van der Waals surface area (Å²) in [4.78, 5) is 12.2. The van der Waals surface area contributed by atoms with Crippen LogP contribution < -0.4 is 0 Å². The van der Waals surface area contributed by atoms with Crippen molar-refractivity contribution < 1.29 is 9.53 Å². The van der Waals surface area contributed by atoms with Crippen LogP contribution in [0.15, 0.2) is 24.0 Å². The van der Waals surface area contributed by atoms with Gasteiger partial charge in [-0.15, -0.1) is 0 Å². The molecule has 0 fully saturated rings. The standard InChI is InChI=1S/C16H22O2/c1-6-8-14(7-2)18-16(17)15-12(4)9-11(3)10-13(15)5/h8-10H,6-7H2,1-5H3/b14-8-. The number of allylic oxidation sites excluding steroid dienone is 2. The fraction of sp³-hybridized carbons (Fsp3) is 0.438. The van der Waals surface area contributed by atoms with Crippen molar-refractivity contribution in [2.45, 2.75) is 47.5 Å². The van der Waals surface area contributed by atoms with Gasteiger partial charge in [0.15, 0.2) is 0 Å². The lowest BCUT2D eigenvalue weighted by Gasteiger charge is -2.12. The van der Waals surface area contributed by atoms with Crippen LogP contribution in [0, 0.1) is 20.8 Å². The largest absolute Gasteiger partial charge is 0.428 e. The number of carbonyl (C=O) groups excluding carboxylic acids is 1. The van der Waals surface area contributed by atoms with Crippen molar-refractivity contribution >= 4 is 5.97 Å². The summed E-state index contributed by atoms with van der Waals surface area (Å²) in [5.41, 5.74) is 3.81. The molecule has 0 saturated heterocycles. The quantitative estimate of drug-likeness (QED) is 0.578. The smallest absolute Gasteiger partial charge is 0.343 e. The molecule has 0 saturated carbocycles. The Hall–Kier alpha value is -1.57. The molecule has 18 heavy (non-hydrogen) atoms. The molecule has 0 aliphatic carbocycles. The molecular formula is C16H22O2. The molecule has 1 aromatic rings. The molecule has 0 aliphatic heterocycles.